The van der Waals surface area contributed by atoms with Gasteiger partial charge in [-0.25, -0.2) is 9.18 Å². The fourth-order valence-corrected chi connectivity index (χ4v) is 1.58. The first kappa shape index (κ1) is 15.0. The molecule has 0 aliphatic heterocycles. The summed E-state index contributed by atoms with van der Waals surface area (Å²) in [5.74, 6) is 2.07. The smallest absolute Gasteiger partial charge is 0.315 e. The van der Waals surface area contributed by atoms with Crippen molar-refractivity contribution in [2.75, 3.05) is 20.6 Å². The van der Waals surface area contributed by atoms with Gasteiger partial charge in [0.2, 0.25) is 0 Å². The molecule has 0 bridgehead atoms. The Labute approximate surface area is 113 Å². The number of nitrogens with one attached hydrogen (secondary N) is 2. The van der Waals surface area contributed by atoms with Crippen LogP contribution in [0.3, 0.4) is 0 Å². The SMILES string of the molecule is C#CCNC(=O)NCc1ccc(F)c(CN(C)C)c1. The number of rotatable bonds is 5. The number of benzene rings is 1. The lowest BCUT2D eigenvalue weighted by molar-refractivity contribution is 0.241. The van der Waals surface area contributed by atoms with Gasteiger partial charge in [0.25, 0.3) is 0 Å². The van der Waals surface area contributed by atoms with Gasteiger partial charge in [-0.3, -0.25) is 0 Å². The normalized spacial score (nSPS) is 10.1. The largest absolute Gasteiger partial charge is 0.334 e. The minimum absolute atomic E-state index is 0.182. The minimum atomic E-state index is -0.337. The number of hydrogen-bond donors (Lipinski definition) is 2. The third-order valence-electron chi connectivity index (χ3n) is 2.40. The molecular formula is C14H18FN3O. The van der Waals surface area contributed by atoms with E-state index in [1.54, 1.807) is 12.1 Å². The van der Waals surface area contributed by atoms with Crippen LogP contribution >= 0.6 is 0 Å². The number of halogens is 1. The third-order valence-corrected chi connectivity index (χ3v) is 2.40. The quantitative estimate of drug-likeness (QED) is 0.787. The number of carbonyl (C=O) groups is 1. The van der Waals surface area contributed by atoms with E-state index in [0.29, 0.717) is 18.7 Å². The molecule has 1 aromatic carbocycles. The third kappa shape index (κ3) is 5.40. The summed E-state index contributed by atoms with van der Waals surface area (Å²) in [7, 11) is 3.75. The van der Waals surface area contributed by atoms with E-state index in [1.165, 1.54) is 6.07 Å². The van der Waals surface area contributed by atoms with Crippen LogP contribution in [0, 0.1) is 18.2 Å². The van der Waals surface area contributed by atoms with E-state index in [-0.39, 0.29) is 18.4 Å². The molecule has 0 atom stereocenters. The van der Waals surface area contributed by atoms with Gasteiger partial charge in [0.1, 0.15) is 5.82 Å². The van der Waals surface area contributed by atoms with Gasteiger partial charge in [0.05, 0.1) is 6.54 Å². The topological polar surface area (TPSA) is 44.4 Å². The summed E-state index contributed by atoms with van der Waals surface area (Å²) >= 11 is 0. The van der Waals surface area contributed by atoms with Gasteiger partial charge >= 0.3 is 6.03 Å². The Hall–Kier alpha value is -2.06. The second kappa shape index (κ2) is 7.39. The fraction of sp³-hybridized carbons (Fsp3) is 0.357. The first-order valence-corrected chi connectivity index (χ1v) is 5.90. The summed E-state index contributed by atoms with van der Waals surface area (Å²) < 4.78 is 13.5. The van der Waals surface area contributed by atoms with Crippen LogP contribution in [-0.4, -0.2) is 31.6 Å². The van der Waals surface area contributed by atoms with Crippen LogP contribution in [0.2, 0.25) is 0 Å². The van der Waals surface area contributed by atoms with Crippen LogP contribution in [0.4, 0.5) is 9.18 Å². The maximum Gasteiger partial charge on any atom is 0.315 e. The molecule has 19 heavy (non-hydrogen) atoms. The van der Waals surface area contributed by atoms with E-state index < -0.39 is 0 Å². The van der Waals surface area contributed by atoms with Crippen LogP contribution in [0.15, 0.2) is 18.2 Å². The first-order chi connectivity index (χ1) is 9.02. The molecule has 2 N–H and O–H groups in total. The Morgan fingerprint density at radius 3 is 2.79 bits per heavy atom. The molecule has 0 fully saturated rings. The summed E-state index contributed by atoms with van der Waals surface area (Å²) in [4.78, 5) is 13.2. The second-order valence-electron chi connectivity index (χ2n) is 4.40. The predicted molar refractivity (Wildman–Crippen MR) is 72.9 cm³/mol. The number of hydrogen-bond acceptors (Lipinski definition) is 2. The van der Waals surface area contributed by atoms with Crippen molar-refractivity contribution in [2.45, 2.75) is 13.1 Å². The molecule has 0 radical (unpaired) electrons. The summed E-state index contributed by atoms with van der Waals surface area (Å²) in [5, 5.41) is 5.14. The molecule has 0 aliphatic carbocycles. The van der Waals surface area contributed by atoms with Crippen molar-refractivity contribution in [3.63, 3.8) is 0 Å². The Kier molecular flexibility index (Phi) is 5.83. The van der Waals surface area contributed by atoms with Gasteiger partial charge in [-0.05, 0) is 31.8 Å². The van der Waals surface area contributed by atoms with Gasteiger partial charge in [0, 0.05) is 18.7 Å². The van der Waals surface area contributed by atoms with Gasteiger partial charge in [0.15, 0.2) is 0 Å². The van der Waals surface area contributed by atoms with Crippen LogP contribution in [-0.2, 0) is 13.1 Å². The lowest BCUT2D eigenvalue weighted by Crippen LogP contribution is -2.35. The van der Waals surface area contributed by atoms with Crippen LogP contribution in [0.5, 0.6) is 0 Å². The zero-order chi connectivity index (χ0) is 14.3. The highest BCUT2D eigenvalue weighted by Gasteiger charge is 2.06. The molecule has 0 aliphatic rings. The first-order valence-electron chi connectivity index (χ1n) is 5.90. The molecule has 0 saturated carbocycles. The number of urea groups is 1. The molecule has 1 rings (SSSR count). The molecule has 1 aromatic rings. The highest BCUT2D eigenvalue weighted by molar-refractivity contribution is 5.74. The lowest BCUT2D eigenvalue weighted by Gasteiger charge is -2.12. The van der Waals surface area contributed by atoms with Crippen LogP contribution < -0.4 is 10.6 Å². The molecule has 4 nitrogen and oxygen atoms in total. The van der Waals surface area contributed by atoms with E-state index in [0.717, 1.165) is 5.56 Å². The van der Waals surface area contributed by atoms with E-state index >= 15 is 0 Å². The molecule has 0 unspecified atom stereocenters. The second-order valence-corrected chi connectivity index (χ2v) is 4.40. The van der Waals surface area contributed by atoms with Crippen molar-refractivity contribution in [3.05, 3.63) is 35.1 Å². The van der Waals surface area contributed by atoms with E-state index in [9.17, 15) is 9.18 Å². The summed E-state index contributed by atoms with van der Waals surface area (Å²) in [6.07, 6.45) is 5.03. The molecule has 102 valence electrons. The van der Waals surface area contributed by atoms with Crippen molar-refractivity contribution >= 4 is 6.03 Å². The fourth-order valence-electron chi connectivity index (χ4n) is 1.58. The Balaban J connectivity index is 2.59. The zero-order valence-corrected chi connectivity index (χ0v) is 11.2. The molecule has 0 spiro atoms. The Bertz CT molecular complexity index is 480. The monoisotopic (exact) mass is 263 g/mol. The predicted octanol–water partition coefficient (Wildman–Crippen LogP) is 1.32. The van der Waals surface area contributed by atoms with E-state index in [2.05, 4.69) is 16.6 Å². The number of terminal acetylenes is 1. The summed E-state index contributed by atoms with van der Waals surface area (Å²) in [6, 6.07) is 4.47. The highest BCUT2D eigenvalue weighted by atomic mass is 19.1. The van der Waals surface area contributed by atoms with E-state index in [4.69, 9.17) is 6.42 Å². The van der Waals surface area contributed by atoms with Crippen molar-refractivity contribution in [1.82, 2.24) is 15.5 Å². The van der Waals surface area contributed by atoms with Gasteiger partial charge in [-0.2, -0.15) is 0 Å². The maximum absolute atomic E-state index is 13.5. The van der Waals surface area contributed by atoms with Gasteiger partial charge in [-0.15, -0.1) is 6.42 Å². The Morgan fingerprint density at radius 1 is 1.42 bits per heavy atom. The highest BCUT2D eigenvalue weighted by Crippen LogP contribution is 2.12. The number of amides is 2. The molecular weight excluding hydrogens is 245 g/mol. The summed E-state index contributed by atoms with van der Waals surface area (Å²) in [5.41, 5.74) is 1.45. The molecule has 0 heterocycles. The zero-order valence-electron chi connectivity index (χ0n) is 11.2. The number of nitrogens with zero attached hydrogens (tertiary/aromatic N) is 1. The van der Waals surface area contributed by atoms with Gasteiger partial charge < -0.3 is 15.5 Å². The average Bonchev–Trinajstić information content (AvgIpc) is 2.36. The van der Waals surface area contributed by atoms with Crippen LogP contribution in [0.25, 0.3) is 0 Å². The van der Waals surface area contributed by atoms with Gasteiger partial charge in [-0.1, -0.05) is 12.0 Å². The lowest BCUT2D eigenvalue weighted by atomic mass is 10.1. The minimum Gasteiger partial charge on any atom is -0.334 e. The van der Waals surface area contributed by atoms with Crippen molar-refractivity contribution in [3.8, 4) is 12.3 Å². The standard InChI is InChI=1S/C14H18FN3O/c1-4-7-16-14(19)17-9-11-5-6-13(15)12(8-11)10-18(2)3/h1,5-6,8H,7,9-10H2,2-3H3,(H2,16,17,19). The molecule has 5 heteroatoms. The molecule has 2 amide bonds. The maximum atomic E-state index is 13.5. The Morgan fingerprint density at radius 2 is 2.16 bits per heavy atom. The van der Waals surface area contributed by atoms with Crippen LogP contribution in [0.1, 0.15) is 11.1 Å². The molecule has 0 saturated heterocycles. The van der Waals surface area contributed by atoms with Crippen molar-refractivity contribution < 1.29 is 9.18 Å². The summed E-state index contributed by atoms with van der Waals surface area (Å²) in [6.45, 7) is 1.03. The molecule has 0 aromatic heterocycles. The number of carbonyl (C=O) groups excluding carboxylic acids is 1. The average molecular weight is 263 g/mol. The van der Waals surface area contributed by atoms with E-state index in [1.807, 2.05) is 19.0 Å². The van der Waals surface area contributed by atoms with Crippen molar-refractivity contribution in [1.29, 1.82) is 0 Å². The van der Waals surface area contributed by atoms with Crippen molar-refractivity contribution in [2.24, 2.45) is 0 Å².